The maximum atomic E-state index is 12.5. The monoisotopic (exact) mass is 315 g/mol. The molecule has 21 heavy (non-hydrogen) atoms. The van der Waals surface area contributed by atoms with Crippen molar-refractivity contribution in [2.75, 3.05) is 13.2 Å². The first-order chi connectivity index (χ1) is 9.75. The van der Waals surface area contributed by atoms with Crippen LogP contribution in [0.25, 0.3) is 0 Å². The van der Waals surface area contributed by atoms with Crippen LogP contribution in [0.3, 0.4) is 0 Å². The Morgan fingerprint density at radius 3 is 2.38 bits per heavy atom. The molecule has 0 atom stereocenters. The van der Waals surface area contributed by atoms with Crippen LogP contribution in [0.15, 0.2) is 23.1 Å². The standard InChI is InChI=1S/C14H21NO5S/c1-5-15(10(3)4)21(18,19)11-7-8-13(20-6-2)12(9-11)14(16)17/h7-10H,5-6H2,1-4H3,(H,16,17). The van der Waals surface area contributed by atoms with Crippen LogP contribution in [-0.2, 0) is 10.0 Å². The average molecular weight is 315 g/mol. The molecule has 1 rings (SSSR count). The normalized spacial score (nSPS) is 11.9. The van der Waals surface area contributed by atoms with Gasteiger partial charge >= 0.3 is 5.97 Å². The van der Waals surface area contributed by atoms with Crippen LogP contribution in [0.1, 0.15) is 38.1 Å². The van der Waals surface area contributed by atoms with Crippen LogP contribution < -0.4 is 4.74 Å². The Hall–Kier alpha value is -1.60. The van der Waals surface area contributed by atoms with E-state index in [0.717, 1.165) is 6.07 Å². The molecule has 0 aliphatic carbocycles. The summed E-state index contributed by atoms with van der Waals surface area (Å²) in [6, 6.07) is 3.69. The second-order valence-corrected chi connectivity index (χ2v) is 6.59. The van der Waals surface area contributed by atoms with Gasteiger partial charge in [0.2, 0.25) is 10.0 Å². The molecule has 0 heterocycles. The largest absolute Gasteiger partial charge is 0.493 e. The zero-order valence-corrected chi connectivity index (χ0v) is 13.5. The molecule has 0 aliphatic heterocycles. The predicted molar refractivity (Wildman–Crippen MR) is 79.3 cm³/mol. The van der Waals surface area contributed by atoms with Gasteiger partial charge in [-0.15, -0.1) is 0 Å². The second-order valence-electron chi connectivity index (χ2n) is 4.70. The number of sulfonamides is 1. The fourth-order valence-electron chi connectivity index (χ4n) is 2.07. The van der Waals surface area contributed by atoms with Gasteiger partial charge in [-0.3, -0.25) is 0 Å². The van der Waals surface area contributed by atoms with Crippen LogP contribution in [-0.4, -0.2) is 43.0 Å². The van der Waals surface area contributed by atoms with E-state index in [0.29, 0.717) is 13.2 Å². The van der Waals surface area contributed by atoms with Crippen molar-refractivity contribution in [3.8, 4) is 5.75 Å². The summed E-state index contributed by atoms with van der Waals surface area (Å²) >= 11 is 0. The molecule has 1 N–H and O–H groups in total. The molecule has 0 amide bonds. The minimum absolute atomic E-state index is 0.0427. The number of rotatable bonds is 7. The van der Waals surface area contributed by atoms with Crippen LogP contribution in [0.4, 0.5) is 0 Å². The number of nitrogens with zero attached hydrogens (tertiary/aromatic N) is 1. The van der Waals surface area contributed by atoms with Gasteiger partial charge in [0, 0.05) is 12.6 Å². The fourth-order valence-corrected chi connectivity index (χ4v) is 3.74. The highest BCUT2D eigenvalue weighted by Crippen LogP contribution is 2.25. The van der Waals surface area contributed by atoms with Crippen LogP contribution in [0.2, 0.25) is 0 Å². The van der Waals surface area contributed by atoms with Gasteiger partial charge in [-0.05, 0) is 39.0 Å². The van der Waals surface area contributed by atoms with E-state index < -0.39 is 16.0 Å². The maximum absolute atomic E-state index is 12.5. The van der Waals surface area contributed by atoms with E-state index in [-0.39, 0.29) is 22.3 Å². The summed E-state index contributed by atoms with van der Waals surface area (Å²) in [6.45, 7) is 7.63. The molecule has 0 aromatic heterocycles. The van der Waals surface area contributed by atoms with Gasteiger partial charge in [-0.25, -0.2) is 13.2 Å². The number of carboxylic acids is 1. The fraction of sp³-hybridized carbons (Fsp3) is 0.500. The number of carbonyl (C=O) groups is 1. The molecule has 0 unspecified atom stereocenters. The number of carboxylic acid groups (broad SMARTS) is 1. The van der Waals surface area contributed by atoms with E-state index in [1.54, 1.807) is 27.7 Å². The lowest BCUT2D eigenvalue weighted by molar-refractivity contribution is 0.0692. The van der Waals surface area contributed by atoms with E-state index in [9.17, 15) is 18.3 Å². The molecule has 0 saturated carbocycles. The number of hydrogen-bond donors (Lipinski definition) is 1. The van der Waals surface area contributed by atoms with Gasteiger partial charge in [-0.1, -0.05) is 6.92 Å². The molecule has 1 aromatic rings. The van der Waals surface area contributed by atoms with Crippen LogP contribution >= 0.6 is 0 Å². The van der Waals surface area contributed by atoms with Crippen molar-refractivity contribution in [3.63, 3.8) is 0 Å². The first kappa shape index (κ1) is 17.5. The molecule has 0 spiro atoms. The van der Waals surface area contributed by atoms with E-state index >= 15 is 0 Å². The van der Waals surface area contributed by atoms with Crippen molar-refractivity contribution < 1.29 is 23.1 Å². The van der Waals surface area contributed by atoms with Gasteiger partial charge < -0.3 is 9.84 Å². The Balaban J connectivity index is 3.38. The lowest BCUT2D eigenvalue weighted by Gasteiger charge is -2.24. The third kappa shape index (κ3) is 3.74. The predicted octanol–water partition coefficient (Wildman–Crippen LogP) is 2.20. The Kier molecular flexibility index (Phi) is 5.74. The molecule has 0 aliphatic rings. The zero-order valence-electron chi connectivity index (χ0n) is 12.7. The Morgan fingerprint density at radius 2 is 1.95 bits per heavy atom. The molecule has 0 bridgehead atoms. The lowest BCUT2D eigenvalue weighted by atomic mass is 10.2. The maximum Gasteiger partial charge on any atom is 0.339 e. The quantitative estimate of drug-likeness (QED) is 0.834. The van der Waals surface area contributed by atoms with Gasteiger partial charge in [-0.2, -0.15) is 4.31 Å². The average Bonchev–Trinajstić information content (AvgIpc) is 2.38. The highest BCUT2D eigenvalue weighted by molar-refractivity contribution is 7.89. The third-order valence-corrected chi connectivity index (χ3v) is 5.12. The zero-order chi connectivity index (χ0) is 16.2. The molecule has 0 radical (unpaired) electrons. The van der Waals surface area contributed by atoms with Crippen molar-refractivity contribution in [1.82, 2.24) is 4.31 Å². The van der Waals surface area contributed by atoms with Crippen molar-refractivity contribution in [2.45, 2.75) is 38.6 Å². The highest BCUT2D eigenvalue weighted by Gasteiger charge is 2.27. The lowest BCUT2D eigenvalue weighted by Crippen LogP contribution is -2.36. The number of hydrogen-bond acceptors (Lipinski definition) is 4. The molecule has 6 nitrogen and oxygen atoms in total. The molecular formula is C14H21NO5S. The van der Waals surface area contributed by atoms with E-state index in [1.807, 2.05) is 0 Å². The van der Waals surface area contributed by atoms with Crippen LogP contribution in [0, 0.1) is 0 Å². The summed E-state index contributed by atoms with van der Waals surface area (Å²) in [7, 11) is -3.72. The van der Waals surface area contributed by atoms with Crippen molar-refractivity contribution in [1.29, 1.82) is 0 Å². The molecular weight excluding hydrogens is 294 g/mol. The Labute approximate surface area is 125 Å². The molecule has 0 fully saturated rings. The van der Waals surface area contributed by atoms with Gasteiger partial charge in [0.25, 0.3) is 0 Å². The molecule has 1 aromatic carbocycles. The molecule has 118 valence electrons. The third-order valence-electron chi connectivity index (χ3n) is 2.98. The topological polar surface area (TPSA) is 83.9 Å². The SMILES string of the molecule is CCOc1ccc(S(=O)(=O)N(CC)C(C)C)cc1C(=O)O. The van der Waals surface area contributed by atoms with Crippen LogP contribution in [0.5, 0.6) is 5.75 Å². The number of benzene rings is 1. The van der Waals surface area contributed by atoms with Crippen molar-refractivity contribution in [3.05, 3.63) is 23.8 Å². The van der Waals surface area contributed by atoms with E-state index in [2.05, 4.69) is 0 Å². The molecule has 7 heteroatoms. The summed E-state index contributed by atoms with van der Waals surface area (Å²) in [4.78, 5) is 11.2. The van der Waals surface area contributed by atoms with Gasteiger partial charge in [0.05, 0.1) is 11.5 Å². The smallest absolute Gasteiger partial charge is 0.339 e. The second kappa shape index (κ2) is 6.91. The van der Waals surface area contributed by atoms with Gasteiger partial charge in [0.15, 0.2) is 0 Å². The van der Waals surface area contributed by atoms with E-state index in [1.165, 1.54) is 16.4 Å². The Morgan fingerprint density at radius 1 is 1.33 bits per heavy atom. The number of aromatic carboxylic acids is 1. The summed E-state index contributed by atoms with van der Waals surface area (Å²) in [6.07, 6.45) is 0. The summed E-state index contributed by atoms with van der Waals surface area (Å²) in [5, 5.41) is 9.20. The Bertz CT molecular complexity index is 610. The first-order valence-electron chi connectivity index (χ1n) is 6.77. The first-order valence-corrected chi connectivity index (χ1v) is 8.21. The minimum Gasteiger partial charge on any atom is -0.493 e. The highest BCUT2D eigenvalue weighted by atomic mass is 32.2. The summed E-state index contributed by atoms with van der Waals surface area (Å²) in [5.41, 5.74) is -0.155. The van der Waals surface area contributed by atoms with Crippen molar-refractivity contribution >= 4 is 16.0 Å². The van der Waals surface area contributed by atoms with E-state index in [4.69, 9.17) is 4.74 Å². The number of ether oxygens (including phenoxy) is 1. The summed E-state index contributed by atoms with van der Waals surface area (Å²) in [5.74, 6) is -1.06. The molecule has 0 saturated heterocycles. The van der Waals surface area contributed by atoms with Crippen molar-refractivity contribution in [2.24, 2.45) is 0 Å². The minimum atomic E-state index is -3.72. The summed E-state index contributed by atoms with van der Waals surface area (Å²) < 4.78 is 31.6. The van der Waals surface area contributed by atoms with Gasteiger partial charge in [0.1, 0.15) is 11.3 Å².